The van der Waals surface area contributed by atoms with E-state index in [0.717, 1.165) is 19.4 Å². The average molecular weight is 247 g/mol. The van der Waals surface area contributed by atoms with E-state index in [1.807, 2.05) is 0 Å². The molecule has 3 rings (SSSR count). The van der Waals surface area contributed by atoms with Gasteiger partial charge in [0.05, 0.1) is 6.04 Å². The molecule has 94 valence electrons. The third-order valence-electron chi connectivity index (χ3n) is 3.03. The predicted molar refractivity (Wildman–Crippen MR) is 63.0 cm³/mol. The molecular formula is C12H13N3O3. The molecule has 1 fully saturated rings. The largest absolute Gasteiger partial charge is 0.504 e. The summed E-state index contributed by atoms with van der Waals surface area (Å²) in [7, 11) is 0. The van der Waals surface area contributed by atoms with Crippen LogP contribution in [0, 0.1) is 0 Å². The van der Waals surface area contributed by atoms with Gasteiger partial charge >= 0.3 is 0 Å². The van der Waals surface area contributed by atoms with Gasteiger partial charge in [-0.2, -0.15) is 4.98 Å². The highest BCUT2D eigenvalue weighted by Gasteiger charge is 2.22. The molecule has 1 aromatic heterocycles. The first kappa shape index (κ1) is 11.0. The maximum absolute atomic E-state index is 9.43. The van der Waals surface area contributed by atoms with E-state index in [1.165, 1.54) is 12.1 Å². The lowest BCUT2D eigenvalue weighted by Crippen LogP contribution is -2.12. The average Bonchev–Trinajstić information content (AvgIpc) is 3.01. The van der Waals surface area contributed by atoms with E-state index in [1.54, 1.807) is 6.07 Å². The number of hydrogen-bond donors (Lipinski definition) is 3. The van der Waals surface area contributed by atoms with Crippen LogP contribution in [0.2, 0.25) is 0 Å². The molecule has 2 aromatic rings. The zero-order valence-corrected chi connectivity index (χ0v) is 9.63. The maximum atomic E-state index is 9.43. The first-order valence-corrected chi connectivity index (χ1v) is 5.83. The lowest BCUT2D eigenvalue weighted by molar-refractivity contribution is 0.345. The molecule has 0 bridgehead atoms. The normalized spacial score (nSPS) is 19.2. The zero-order chi connectivity index (χ0) is 12.5. The van der Waals surface area contributed by atoms with Crippen molar-refractivity contribution >= 4 is 0 Å². The van der Waals surface area contributed by atoms with Crippen LogP contribution in [0.25, 0.3) is 11.4 Å². The quantitative estimate of drug-likeness (QED) is 0.698. The van der Waals surface area contributed by atoms with Crippen molar-refractivity contribution in [2.24, 2.45) is 0 Å². The first-order valence-electron chi connectivity index (χ1n) is 5.83. The highest BCUT2D eigenvalue weighted by atomic mass is 16.5. The second kappa shape index (κ2) is 4.30. The number of aromatic nitrogens is 2. The van der Waals surface area contributed by atoms with Crippen LogP contribution < -0.4 is 5.32 Å². The van der Waals surface area contributed by atoms with Crippen LogP contribution in [0.1, 0.15) is 24.8 Å². The molecule has 0 radical (unpaired) electrons. The highest BCUT2D eigenvalue weighted by Crippen LogP contribution is 2.30. The second-order valence-corrected chi connectivity index (χ2v) is 4.31. The fourth-order valence-corrected chi connectivity index (χ4v) is 2.05. The van der Waals surface area contributed by atoms with Gasteiger partial charge < -0.3 is 20.1 Å². The molecule has 1 saturated heterocycles. The molecule has 1 atom stereocenters. The van der Waals surface area contributed by atoms with Gasteiger partial charge in [0.1, 0.15) is 0 Å². The summed E-state index contributed by atoms with van der Waals surface area (Å²) in [6.45, 7) is 0.961. The van der Waals surface area contributed by atoms with Crippen LogP contribution in [-0.2, 0) is 0 Å². The van der Waals surface area contributed by atoms with Gasteiger partial charge in [0.25, 0.3) is 0 Å². The van der Waals surface area contributed by atoms with Gasteiger partial charge in [0.15, 0.2) is 11.5 Å². The van der Waals surface area contributed by atoms with Crippen molar-refractivity contribution in [2.75, 3.05) is 6.54 Å². The molecule has 0 amide bonds. The van der Waals surface area contributed by atoms with E-state index >= 15 is 0 Å². The molecule has 18 heavy (non-hydrogen) atoms. The van der Waals surface area contributed by atoms with Gasteiger partial charge in [-0.3, -0.25) is 0 Å². The molecule has 0 spiro atoms. The third kappa shape index (κ3) is 1.91. The molecular weight excluding hydrogens is 234 g/mol. The molecule has 0 saturated carbocycles. The van der Waals surface area contributed by atoms with Gasteiger partial charge in [-0.05, 0) is 37.6 Å². The van der Waals surface area contributed by atoms with Gasteiger partial charge in [-0.1, -0.05) is 5.16 Å². The standard InChI is InChI=1S/C12H13N3O3/c16-9-4-3-7(6-10(9)17)11-14-12(18-15-11)8-2-1-5-13-8/h3-4,6,8,13,16-17H,1-2,5H2. The van der Waals surface area contributed by atoms with Crippen molar-refractivity contribution in [1.82, 2.24) is 15.5 Å². The first-order chi connectivity index (χ1) is 8.74. The minimum Gasteiger partial charge on any atom is -0.504 e. The number of phenolic OH excluding ortho intramolecular Hbond substituents is 2. The van der Waals surface area contributed by atoms with Crippen LogP contribution in [0.3, 0.4) is 0 Å². The van der Waals surface area contributed by atoms with E-state index in [0.29, 0.717) is 17.3 Å². The predicted octanol–water partition coefficient (Wildman–Crippen LogP) is 1.57. The van der Waals surface area contributed by atoms with E-state index in [-0.39, 0.29) is 17.5 Å². The summed E-state index contributed by atoms with van der Waals surface area (Å²) >= 11 is 0. The Bertz CT molecular complexity index is 561. The van der Waals surface area contributed by atoms with Crippen LogP contribution >= 0.6 is 0 Å². The summed E-state index contributed by atoms with van der Waals surface area (Å²) in [5.74, 6) is 0.613. The Hall–Kier alpha value is -2.08. The fourth-order valence-electron chi connectivity index (χ4n) is 2.05. The molecule has 1 aliphatic rings. The SMILES string of the molecule is Oc1ccc(-c2noc(C3CCCN3)n2)cc1O. The molecule has 1 unspecified atom stereocenters. The Morgan fingerprint density at radius 3 is 2.89 bits per heavy atom. The summed E-state index contributed by atoms with van der Waals surface area (Å²) in [6.07, 6.45) is 2.09. The Labute approximate surface area is 103 Å². The number of aromatic hydroxyl groups is 2. The van der Waals surface area contributed by atoms with Gasteiger partial charge in [0.2, 0.25) is 11.7 Å². The zero-order valence-electron chi connectivity index (χ0n) is 9.63. The van der Waals surface area contributed by atoms with Gasteiger partial charge in [0, 0.05) is 5.56 Å². The third-order valence-corrected chi connectivity index (χ3v) is 3.03. The topological polar surface area (TPSA) is 91.4 Å². The van der Waals surface area contributed by atoms with Crippen LogP contribution in [0.15, 0.2) is 22.7 Å². The Morgan fingerprint density at radius 1 is 1.28 bits per heavy atom. The lowest BCUT2D eigenvalue weighted by atomic mass is 10.2. The number of benzene rings is 1. The van der Waals surface area contributed by atoms with Crippen LogP contribution in [0.4, 0.5) is 0 Å². The highest BCUT2D eigenvalue weighted by molar-refractivity contribution is 5.59. The minimum absolute atomic E-state index is 0.122. The molecule has 0 aliphatic carbocycles. The smallest absolute Gasteiger partial charge is 0.244 e. The monoisotopic (exact) mass is 247 g/mol. The van der Waals surface area contributed by atoms with Crippen molar-refractivity contribution < 1.29 is 14.7 Å². The molecule has 6 heteroatoms. The van der Waals surface area contributed by atoms with Crippen molar-refractivity contribution in [3.63, 3.8) is 0 Å². The van der Waals surface area contributed by atoms with E-state index < -0.39 is 0 Å². The van der Waals surface area contributed by atoms with E-state index in [9.17, 15) is 10.2 Å². The number of phenols is 2. The second-order valence-electron chi connectivity index (χ2n) is 4.31. The van der Waals surface area contributed by atoms with Gasteiger partial charge in [-0.15, -0.1) is 0 Å². The number of nitrogens with zero attached hydrogens (tertiary/aromatic N) is 2. The number of nitrogens with one attached hydrogen (secondary N) is 1. The summed E-state index contributed by atoms with van der Waals surface area (Å²) < 4.78 is 5.21. The molecule has 2 heterocycles. The summed E-state index contributed by atoms with van der Waals surface area (Å²) in [5.41, 5.74) is 0.610. The fraction of sp³-hybridized carbons (Fsp3) is 0.333. The number of rotatable bonds is 2. The summed E-state index contributed by atoms with van der Waals surface area (Å²) in [4.78, 5) is 4.30. The maximum Gasteiger partial charge on any atom is 0.244 e. The molecule has 3 N–H and O–H groups in total. The van der Waals surface area contributed by atoms with Crippen LogP contribution in [-0.4, -0.2) is 26.9 Å². The van der Waals surface area contributed by atoms with Crippen molar-refractivity contribution in [2.45, 2.75) is 18.9 Å². The Balaban J connectivity index is 1.89. The Morgan fingerprint density at radius 2 is 2.17 bits per heavy atom. The Kier molecular flexibility index (Phi) is 2.64. The minimum atomic E-state index is -0.196. The van der Waals surface area contributed by atoms with Crippen molar-refractivity contribution in [3.8, 4) is 22.9 Å². The summed E-state index contributed by atoms with van der Waals surface area (Å²) in [5, 5.41) is 25.8. The summed E-state index contributed by atoms with van der Waals surface area (Å²) in [6, 6.07) is 4.56. The number of hydrogen-bond acceptors (Lipinski definition) is 6. The molecule has 1 aromatic carbocycles. The van der Waals surface area contributed by atoms with Crippen molar-refractivity contribution in [3.05, 3.63) is 24.1 Å². The van der Waals surface area contributed by atoms with Crippen LogP contribution in [0.5, 0.6) is 11.5 Å². The van der Waals surface area contributed by atoms with Gasteiger partial charge in [-0.25, -0.2) is 0 Å². The van der Waals surface area contributed by atoms with E-state index in [2.05, 4.69) is 15.5 Å². The van der Waals surface area contributed by atoms with Crippen molar-refractivity contribution in [1.29, 1.82) is 0 Å². The lowest BCUT2D eigenvalue weighted by Gasteiger charge is -2.01. The van der Waals surface area contributed by atoms with E-state index in [4.69, 9.17) is 4.52 Å². The molecule has 1 aliphatic heterocycles. The molecule has 6 nitrogen and oxygen atoms in total.